The summed E-state index contributed by atoms with van der Waals surface area (Å²) in [6, 6.07) is 7.78. The van der Waals surface area contributed by atoms with Gasteiger partial charge in [0.05, 0.1) is 10.7 Å². The Hall–Kier alpha value is -1.43. The topological polar surface area (TPSA) is 46.5 Å². The van der Waals surface area contributed by atoms with Gasteiger partial charge in [-0.15, -0.1) is 11.3 Å². The highest BCUT2D eigenvalue weighted by Gasteiger charge is 2.27. The van der Waals surface area contributed by atoms with Gasteiger partial charge in [0.2, 0.25) is 0 Å². The van der Waals surface area contributed by atoms with E-state index in [2.05, 4.69) is 15.9 Å². The number of benzene rings is 1. The molecule has 1 atom stereocenters. The van der Waals surface area contributed by atoms with Gasteiger partial charge in [-0.3, -0.25) is 0 Å². The molecule has 1 aromatic carbocycles. The van der Waals surface area contributed by atoms with E-state index in [0.717, 1.165) is 54.3 Å². The van der Waals surface area contributed by atoms with E-state index < -0.39 is 0 Å². The van der Waals surface area contributed by atoms with E-state index in [1.807, 2.05) is 24.3 Å². The zero-order valence-electron chi connectivity index (χ0n) is 12.7. The second kappa shape index (κ2) is 6.59. The molecule has 0 radical (unpaired) electrons. The summed E-state index contributed by atoms with van der Waals surface area (Å²) in [5, 5.41) is 11.7. The third-order valence-corrected chi connectivity index (χ3v) is 5.78. The van der Waals surface area contributed by atoms with Crippen LogP contribution < -0.4 is 5.32 Å². The minimum Gasteiger partial charge on any atom is -0.387 e. The molecule has 1 unspecified atom stereocenters. The van der Waals surface area contributed by atoms with E-state index in [4.69, 9.17) is 21.4 Å². The summed E-state index contributed by atoms with van der Waals surface area (Å²) in [5.41, 5.74) is 2.87. The van der Waals surface area contributed by atoms with Crippen LogP contribution in [0.2, 0.25) is 5.02 Å². The van der Waals surface area contributed by atoms with Gasteiger partial charge in [-0.05, 0) is 32.0 Å². The Bertz CT molecular complexity index is 724. The first-order chi connectivity index (χ1) is 11.3. The fourth-order valence-electron chi connectivity index (χ4n) is 3.11. The van der Waals surface area contributed by atoms with Crippen LogP contribution in [-0.4, -0.2) is 23.8 Å². The number of piperidine rings is 1. The van der Waals surface area contributed by atoms with E-state index in [1.165, 1.54) is 5.01 Å². The highest BCUT2D eigenvalue weighted by Crippen LogP contribution is 2.35. The summed E-state index contributed by atoms with van der Waals surface area (Å²) in [6.07, 6.45) is 2.94. The molecule has 23 heavy (non-hydrogen) atoms. The first-order valence-electron chi connectivity index (χ1n) is 7.95. The van der Waals surface area contributed by atoms with Gasteiger partial charge in [0, 0.05) is 28.3 Å². The maximum absolute atomic E-state index is 6.25. The van der Waals surface area contributed by atoms with Crippen LogP contribution in [0.5, 0.6) is 0 Å². The Morgan fingerprint density at radius 2 is 2.04 bits per heavy atom. The van der Waals surface area contributed by atoms with Gasteiger partial charge in [0.1, 0.15) is 5.71 Å². The predicted molar refractivity (Wildman–Crippen MR) is 93.4 cm³/mol. The number of nitrogens with zero attached hydrogens (tertiary/aromatic N) is 2. The summed E-state index contributed by atoms with van der Waals surface area (Å²) in [5.74, 6) is 0.581. The fraction of sp³-hybridized carbons (Fsp3) is 0.412. The standard InChI is InChI=1S/C17H18ClN3OS/c18-13-4-2-1-3-12(13)16-9-14(21-22-16)15-10-23-17(20-15)11-5-7-19-8-6-11/h1-4,10-11,16,19H,5-9H2. The largest absolute Gasteiger partial charge is 0.387 e. The van der Waals surface area contributed by atoms with Crippen molar-refractivity contribution in [1.82, 2.24) is 10.3 Å². The summed E-state index contributed by atoms with van der Waals surface area (Å²) in [4.78, 5) is 10.4. The minimum absolute atomic E-state index is 0.109. The number of nitrogens with one attached hydrogen (secondary N) is 1. The first kappa shape index (κ1) is 15.1. The minimum atomic E-state index is -0.109. The van der Waals surface area contributed by atoms with Crippen LogP contribution in [0.15, 0.2) is 34.8 Å². The molecule has 1 fully saturated rings. The van der Waals surface area contributed by atoms with Gasteiger partial charge in [-0.25, -0.2) is 4.98 Å². The SMILES string of the molecule is Clc1ccccc1C1CC(c2csc(C3CCNCC3)n2)=NO1. The van der Waals surface area contributed by atoms with Gasteiger partial charge in [-0.1, -0.05) is 35.0 Å². The molecule has 120 valence electrons. The second-order valence-corrected chi connectivity index (χ2v) is 7.25. The molecule has 0 spiro atoms. The molecule has 2 aliphatic heterocycles. The Kier molecular flexibility index (Phi) is 4.33. The molecule has 0 aliphatic carbocycles. The second-order valence-electron chi connectivity index (χ2n) is 5.95. The lowest BCUT2D eigenvalue weighted by molar-refractivity contribution is 0.0858. The number of aromatic nitrogens is 1. The average molecular weight is 348 g/mol. The third kappa shape index (κ3) is 3.13. The third-order valence-electron chi connectivity index (χ3n) is 4.43. The molecule has 6 heteroatoms. The summed E-state index contributed by atoms with van der Waals surface area (Å²) < 4.78 is 0. The summed E-state index contributed by atoms with van der Waals surface area (Å²) >= 11 is 8.00. The number of rotatable bonds is 3. The highest BCUT2D eigenvalue weighted by atomic mass is 35.5. The van der Waals surface area contributed by atoms with Crippen molar-refractivity contribution in [2.45, 2.75) is 31.3 Å². The van der Waals surface area contributed by atoms with Crippen molar-refractivity contribution in [1.29, 1.82) is 0 Å². The quantitative estimate of drug-likeness (QED) is 0.908. The van der Waals surface area contributed by atoms with E-state index in [1.54, 1.807) is 11.3 Å². The van der Waals surface area contributed by atoms with Crippen molar-refractivity contribution >= 4 is 28.6 Å². The average Bonchev–Trinajstić information content (AvgIpc) is 3.25. The van der Waals surface area contributed by atoms with Gasteiger partial charge in [0.15, 0.2) is 6.10 Å². The van der Waals surface area contributed by atoms with Crippen LogP contribution in [0.25, 0.3) is 0 Å². The molecular weight excluding hydrogens is 330 g/mol. The normalized spacial score (nSPS) is 22.0. The zero-order valence-corrected chi connectivity index (χ0v) is 14.2. The van der Waals surface area contributed by atoms with Gasteiger partial charge in [0.25, 0.3) is 0 Å². The van der Waals surface area contributed by atoms with Gasteiger partial charge < -0.3 is 10.2 Å². The number of hydrogen-bond donors (Lipinski definition) is 1. The fourth-order valence-corrected chi connectivity index (χ4v) is 4.37. The lowest BCUT2D eigenvalue weighted by Gasteiger charge is -2.20. The van der Waals surface area contributed by atoms with Crippen molar-refractivity contribution in [3.63, 3.8) is 0 Å². The number of oxime groups is 1. The predicted octanol–water partition coefficient (Wildman–Crippen LogP) is 4.13. The number of hydrogen-bond acceptors (Lipinski definition) is 5. The van der Waals surface area contributed by atoms with E-state index in [0.29, 0.717) is 5.92 Å². The Labute approximate surface area is 144 Å². The molecule has 0 bridgehead atoms. The van der Waals surface area contributed by atoms with Crippen LogP contribution in [0.1, 0.15) is 47.5 Å². The zero-order chi connectivity index (χ0) is 15.6. The lowest BCUT2D eigenvalue weighted by Crippen LogP contribution is -2.26. The molecule has 2 aromatic rings. The first-order valence-corrected chi connectivity index (χ1v) is 9.20. The molecule has 4 rings (SSSR count). The molecule has 1 aromatic heterocycles. The van der Waals surface area contributed by atoms with E-state index >= 15 is 0 Å². The van der Waals surface area contributed by atoms with Crippen molar-refractivity contribution in [2.24, 2.45) is 5.16 Å². The Morgan fingerprint density at radius 1 is 1.22 bits per heavy atom. The Morgan fingerprint density at radius 3 is 2.87 bits per heavy atom. The van der Waals surface area contributed by atoms with Crippen molar-refractivity contribution in [3.05, 3.63) is 50.9 Å². The van der Waals surface area contributed by atoms with Crippen LogP contribution in [0.4, 0.5) is 0 Å². The smallest absolute Gasteiger partial charge is 0.159 e. The maximum Gasteiger partial charge on any atom is 0.159 e. The maximum atomic E-state index is 6.25. The molecule has 1 N–H and O–H groups in total. The van der Waals surface area contributed by atoms with Crippen molar-refractivity contribution < 1.29 is 4.84 Å². The molecule has 4 nitrogen and oxygen atoms in total. The molecule has 0 amide bonds. The highest BCUT2D eigenvalue weighted by molar-refractivity contribution is 7.10. The van der Waals surface area contributed by atoms with E-state index in [9.17, 15) is 0 Å². The monoisotopic (exact) mass is 347 g/mol. The molecule has 3 heterocycles. The van der Waals surface area contributed by atoms with Crippen LogP contribution in [0, 0.1) is 0 Å². The van der Waals surface area contributed by atoms with Crippen LogP contribution in [0.3, 0.4) is 0 Å². The molecular formula is C17H18ClN3OS. The molecule has 0 saturated carbocycles. The number of thiazole rings is 1. The van der Waals surface area contributed by atoms with Crippen LogP contribution in [-0.2, 0) is 4.84 Å². The summed E-state index contributed by atoms with van der Waals surface area (Å²) in [6.45, 7) is 2.16. The van der Waals surface area contributed by atoms with Gasteiger partial charge in [-0.2, -0.15) is 0 Å². The molecule has 1 saturated heterocycles. The Balaban J connectivity index is 1.47. The van der Waals surface area contributed by atoms with Crippen LogP contribution >= 0.6 is 22.9 Å². The van der Waals surface area contributed by atoms with E-state index in [-0.39, 0.29) is 6.10 Å². The van der Waals surface area contributed by atoms with Gasteiger partial charge >= 0.3 is 0 Å². The molecule has 2 aliphatic rings. The van der Waals surface area contributed by atoms with Crippen molar-refractivity contribution in [3.8, 4) is 0 Å². The lowest BCUT2D eigenvalue weighted by atomic mass is 9.99. The summed E-state index contributed by atoms with van der Waals surface area (Å²) in [7, 11) is 0. The number of halogens is 1. The van der Waals surface area contributed by atoms with Crippen molar-refractivity contribution in [2.75, 3.05) is 13.1 Å².